The van der Waals surface area contributed by atoms with Crippen molar-refractivity contribution in [3.8, 4) is 11.6 Å². The first-order chi connectivity index (χ1) is 9.54. The molecule has 5 heteroatoms. The second kappa shape index (κ2) is 6.68. The Morgan fingerprint density at radius 2 is 2.10 bits per heavy atom. The highest BCUT2D eigenvalue weighted by molar-refractivity contribution is 6.32. The van der Waals surface area contributed by atoms with Gasteiger partial charge in [-0.15, -0.1) is 0 Å². The molecule has 0 aliphatic heterocycles. The fourth-order valence-electron chi connectivity index (χ4n) is 1.63. The monoisotopic (exact) mass is 291 g/mol. The molecule has 0 radical (unpaired) electrons. The van der Waals surface area contributed by atoms with Gasteiger partial charge in [-0.3, -0.25) is 4.98 Å². The molecule has 0 amide bonds. The molecule has 4 nitrogen and oxygen atoms in total. The van der Waals surface area contributed by atoms with Crippen LogP contribution >= 0.6 is 11.6 Å². The summed E-state index contributed by atoms with van der Waals surface area (Å²) in [6.45, 7) is 6.81. The molecule has 0 spiro atoms. The minimum absolute atomic E-state index is 0.396. The Bertz CT molecular complexity index is 587. The Kier molecular flexibility index (Phi) is 4.93. The second-order valence-electron chi connectivity index (χ2n) is 4.92. The fourth-order valence-corrected chi connectivity index (χ4v) is 1.79. The van der Waals surface area contributed by atoms with Crippen molar-refractivity contribution in [2.24, 2.45) is 0 Å². The van der Waals surface area contributed by atoms with Gasteiger partial charge < -0.3 is 10.1 Å². The van der Waals surface area contributed by atoms with Crippen LogP contribution in [0.15, 0.2) is 30.6 Å². The highest BCUT2D eigenvalue weighted by atomic mass is 35.5. The lowest BCUT2D eigenvalue weighted by Crippen LogP contribution is -2.22. The highest BCUT2D eigenvalue weighted by Crippen LogP contribution is 2.28. The zero-order chi connectivity index (χ0) is 14.5. The highest BCUT2D eigenvalue weighted by Gasteiger charge is 2.06. The third-order valence-corrected chi connectivity index (χ3v) is 2.97. The van der Waals surface area contributed by atoms with E-state index in [0.717, 1.165) is 11.3 Å². The first-order valence-electron chi connectivity index (χ1n) is 6.53. The maximum Gasteiger partial charge on any atom is 0.238 e. The van der Waals surface area contributed by atoms with Gasteiger partial charge in [-0.25, -0.2) is 4.98 Å². The van der Waals surface area contributed by atoms with E-state index in [4.69, 9.17) is 16.3 Å². The topological polar surface area (TPSA) is 47.0 Å². The smallest absolute Gasteiger partial charge is 0.238 e. The van der Waals surface area contributed by atoms with Crippen LogP contribution in [-0.2, 0) is 6.54 Å². The minimum atomic E-state index is 0.396. The van der Waals surface area contributed by atoms with Crippen molar-refractivity contribution < 1.29 is 4.74 Å². The van der Waals surface area contributed by atoms with Gasteiger partial charge in [0.25, 0.3) is 0 Å². The van der Waals surface area contributed by atoms with Crippen molar-refractivity contribution in [3.05, 3.63) is 46.9 Å². The third kappa shape index (κ3) is 4.18. The molecule has 1 N–H and O–H groups in total. The van der Waals surface area contributed by atoms with Crippen molar-refractivity contribution in [2.45, 2.75) is 33.4 Å². The van der Waals surface area contributed by atoms with Gasteiger partial charge in [0.05, 0.1) is 16.9 Å². The van der Waals surface area contributed by atoms with E-state index < -0.39 is 0 Å². The summed E-state index contributed by atoms with van der Waals surface area (Å²) in [5.74, 6) is 1.04. The predicted octanol–water partition coefficient (Wildman–Crippen LogP) is 3.73. The molecule has 2 aromatic rings. The predicted molar refractivity (Wildman–Crippen MR) is 80.3 cm³/mol. The molecule has 0 aliphatic carbocycles. The van der Waals surface area contributed by atoms with E-state index in [0.29, 0.717) is 29.2 Å². The molecule has 1 aromatic carbocycles. The number of aromatic nitrogens is 2. The molecule has 1 aromatic heterocycles. The average molecular weight is 292 g/mol. The molecule has 0 atom stereocenters. The van der Waals surface area contributed by atoms with E-state index in [2.05, 4.69) is 29.1 Å². The second-order valence-corrected chi connectivity index (χ2v) is 5.33. The van der Waals surface area contributed by atoms with Crippen molar-refractivity contribution in [1.82, 2.24) is 15.3 Å². The van der Waals surface area contributed by atoms with Crippen molar-refractivity contribution in [3.63, 3.8) is 0 Å². The Labute approximate surface area is 124 Å². The van der Waals surface area contributed by atoms with Crippen LogP contribution in [0, 0.1) is 6.92 Å². The Morgan fingerprint density at radius 3 is 2.85 bits per heavy atom. The zero-order valence-electron chi connectivity index (χ0n) is 11.9. The van der Waals surface area contributed by atoms with E-state index in [1.54, 1.807) is 12.4 Å². The van der Waals surface area contributed by atoms with E-state index in [1.807, 2.05) is 25.1 Å². The van der Waals surface area contributed by atoms with Crippen LogP contribution in [0.1, 0.15) is 25.1 Å². The van der Waals surface area contributed by atoms with Crippen LogP contribution in [0.25, 0.3) is 0 Å². The number of aryl methyl sites for hydroxylation is 1. The van der Waals surface area contributed by atoms with E-state index in [9.17, 15) is 0 Å². The van der Waals surface area contributed by atoms with Gasteiger partial charge >= 0.3 is 0 Å². The summed E-state index contributed by atoms with van der Waals surface area (Å²) < 4.78 is 5.70. The SMILES string of the molecule is Cc1ccc(Cl)c(Oc2cncc(CNC(C)C)n2)c1. The molecule has 2 rings (SSSR count). The van der Waals surface area contributed by atoms with E-state index >= 15 is 0 Å². The zero-order valence-corrected chi connectivity index (χ0v) is 12.6. The third-order valence-electron chi connectivity index (χ3n) is 2.65. The average Bonchev–Trinajstić information content (AvgIpc) is 2.41. The van der Waals surface area contributed by atoms with Crippen LogP contribution in [-0.4, -0.2) is 16.0 Å². The number of rotatable bonds is 5. The molecule has 0 bridgehead atoms. The van der Waals surface area contributed by atoms with Crippen LogP contribution in [0.5, 0.6) is 11.6 Å². The molecule has 0 unspecified atom stereocenters. The number of benzene rings is 1. The lowest BCUT2D eigenvalue weighted by Gasteiger charge is -2.10. The van der Waals surface area contributed by atoms with Gasteiger partial charge in [0.2, 0.25) is 5.88 Å². The minimum Gasteiger partial charge on any atom is -0.436 e. The summed E-state index contributed by atoms with van der Waals surface area (Å²) in [6.07, 6.45) is 3.30. The number of hydrogen-bond donors (Lipinski definition) is 1. The van der Waals surface area contributed by atoms with Gasteiger partial charge in [0.15, 0.2) is 0 Å². The lowest BCUT2D eigenvalue weighted by atomic mass is 10.2. The summed E-state index contributed by atoms with van der Waals surface area (Å²) in [5.41, 5.74) is 1.91. The van der Waals surface area contributed by atoms with Crippen LogP contribution in [0.4, 0.5) is 0 Å². The molecule has 0 saturated carbocycles. The molecule has 0 saturated heterocycles. The summed E-state index contributed by atoms with van der Waals surface area (Å²) >= 11 is 6.10. The van der Waals surface area contributed by atoms with Crippen LogP contribution in [0.3, 0.4) is 0 Å². The molecule has 0 aliphatic rings. The first-order valence-corrected chi connectivity index (χ1v) is 6.90. The Morgan fingerprint density at radius 1 is 1.30 bits per heavy atom. The number of hydrogen-bond acceptors (Lipinski definition) is 4. The lowest BCUT2D eigenvalue weighted by molar-refractivity contribution is 0.455. The number of nitrogens with zero attached hydrogens (tertiary/aromatic N) is 2. The van der Waals surface area contributed by atoms with Crippen molar-refractivity contribution >= 4 is 11.6 Å². The van der Waals surface area contributed by atoms with Crippen molar-refractivity contribution in [1.29, 1.82) is 0 Å². The van der Waals surface area contributed by atoms with E-state index in [-0.39, 0.29) is 0 Å². The molecule has 0 fully saturated rings. The Hall–Kier alpha value is -1.65. The number of ether oxygens (including phenoxy) is 1. The van der Waals surface area contributed by atoms with Crippen molar-refractivity contribution in [2.75, 3.05) is 0 Å². The standard InChI is InChI=1S/C15H18ClN3O/c1-10(2)18-8-12-7-17-9-15(19-12)20-14-6-11(3)4-5-13(14)16/h4-7,9-10,18H,8H2,1-3H3. The van der Waals surface area contributed by atoms with Crippen LogP contribution in [0.2, 0.25) is 5.02 Å². The van der Waals surface area contributed by atoms with E-state index in [1.165, 1.54) is 0 Å². The summed E-state index contributed by atoms with van der Waals surface area (Å²) in [4.78, 5) is 8.55. The van der Waals surface area contributed by atoms with Gasteiger partial charge in [0.1, 0.15) is 5.75 Å². The van der Waals surface area contributed by atoms with Gasteiger partial charge in [0, 0.05) is 18.8 Å². The molecule has 20 heavy (non-hydrogen) atoms. The van der Waals surface area contributed by atoms with Crippen LogP contribution < -0.4 is 10.1 Å². The fraction of sp³-hybridized carbons (Fsp3) is 0.333. The largest absolute Gasteiger partial charge is 0.436 e. The normalized spacial score (nSPS) is 10.8. The molecular weight excluding hydrogens is 274 g/mol. The summed E-state index contributed by atoms with van der Waals surface area (Å²) in [7, 11) is 0. The Balaban J connectivity index is 2.13. The summed E-state index contributed by atoms with van der Waals surface area (Å²) in [6, 6.07) is 6.02. The van der Waals surface area contributed by atoms with Gasteiger partial charge in [-0.05, 0) is 24.6 Å². The molecular formula is C15H18ClN3O. The van der Waals surface area contributed by atoms with Gasteiger partial charge in [-0.1, -0.05) is 31.5 Å². The van der Waals surface area contributed by atoms with Gasteiger partial charge in [-0.2, -0.15) is 0 Å². The summed E-state index contributed by atoms with van der Waals surface area (Å²) in [5, 5.41) is 3.85. The maximum absolute atomic E-state index is 6.10. The number of halogens is 1. The molecule has 106 valence electrons. The maximum atomic E-state index is 6.10. The molecule has 1 heterocycles. The number of nitrogens with one attached hydrogen (secondary N) is 1. The first kappa shape index (κ1) is 14.8. The quantitative estimate of drug-likeness (QED) is 0.912.